The second kappa shape index (κ2) is 8.94. The van der Waals surface area contributed by atoms with Crippen LogP contribution in [0.15, 0.2) is 65.5 Å². The number of rotatable bonds is 7. The van der Waals surface area contributed by atoms with Gasteiger partial charge in [-0.25, -0.2) is 4.68 Å². The molecule has 1 aromatic heterocycles. The van der Waals surface area contributed by atoms with Gasteiger partial charge in [0.05, 0.1) is 24.8 Å². The van der Waals surface area contributed by atoms with Crippen molar-refractivity contribution in [3.05, 3.63) is 81.6 Å². The maximum absolute atomic E-state index is 13.0. The number of aromatic nitrogens is 2. The molecule has 1 saturated carbocycles. The van der Waals surface area contributed by atoms with Crippen LogP contribution in [-0.4, -0.2) is 29.3 Å². The van der Waals surface area contributed by atoms with E-state index in [1.165, 1.54) is 10.7 Å². The minimum absolute atomic E-state index is 0.00789. The van der Waals surface area contributed by atoms with Crippen molar-refractivity contribution in [1.82, 2.24) is 15.1 Å². The smallest absolute Gasteiger partial charge is 0.266 e. The van der Waals surface area contributed by atoms with E-state index in [0.29, 0.717) is 23.0 Å². The van der Waals surface area contributed by atoms with Crippen molar-refractivity contribution in [2.45, 2.75) is 31.2 Å². The molecule has 0 spiro atoms. The first-order chi connectivity index (χ1) is 15.0. The third kappa shape index (κ3) is 4.21. The molecule has 0 radical (unpaired) electrons. The number of halogens is 1. The minimum Gasteiger partial charge on any atom is -0.496 e. The Kier molecular flexibility index (Phi) is 6.09. The van der Waals surface area contributed by atoms with Crippen molar-refractivity contribution in [1.29, 1.82) is 0 Å². The standard InChI is InChI=1S/C24H24ClN3O3/c1-31-21-16-18(25)8-9-19(21)20-10-11-22(29)28(27-20)15-14-26-23(30)24(12-5-13-24)17-6-3-2-4-7-17/h2-4,6-11,16H,5,12-15H2,1H3,(H,26,30). The molecule has 1 aliphatic rings. The highest BCUT2D eigenvalue weighted by Crippen LogP contribution is 2.43. The van der Waals surface area contributed by atoms with Gasteiger partial charge in [-0.1, -0.05) is 48.4 Å². The van der Waals surface area contributed by atoms with Crippen molar-refractivity contribution in [2.75, 3.05) is 13.7 Å². The zero-order chi connectivity index (χ0) is 21.8. The molecule has 1 amide bonds. The summed E-state index contributed by atoms with van der Waals surface area (Å²) >= 11 is 6.04. The van der Waals surface area contributed by atoms with Gasteiger partial charge in [0.15, 0.2) is 0 Å². The maximum Gasteiger partial charge on any atom is 0.266 e. The number of carbonyl (C=O) groups is 1. The molecule has 7 heteroatoms. The predicted molar refractivity (Wildman–Crippen MR) is 120 cm³/mol. The summed E-state index contributed by atoms with van der Waals surface area (Å²) in [5, 5.41) is 8.03. The number of ether oxygens (including phenoxy) is 1. The van der Waals surface area contributed by atoms with E-state index in [9.17, 15) is 9.59 Å². The van der Waals surface area contributed by atoms with Crippen LogP contribution in [0.4, 0.5) is 0 Å². The number of nitrogens with zero attached hydrogens (tertiary/aromatic N) is 2. The molecular formula is C24H24ClN3O3. The fourth-order valence-corrected chi connectivity index (χ4v) is 4.17. The quantitative estimate of drug-likeness (QED) is 0.610. The summed E-state index contributed by atoms with van der Waals surface area (Å²) in [5.74, 6) is 0.585. The van der Waals surface area contributed by atoms with E-state index in [2.05, 4.69) is 10.4 Å². The van der Waals surface area contributed by atoms with E-state index >= 15 is 0 Å². The molecule has 0 aliphatic heterocycles. The summed E-state index contributed by atoms with van der Waals surface area (Å²) in [4.78, 5) is 25.3. The highest BCUT2D eigenvalue weighted by Gasteiger charge is 2.45. The van der Waals surface area contributed by atoms with E-state index in [4.69, 9.17) is 16.3 Å². The van der Waals surface area contributed by atoms with Gasteiger partial charge in [-0.15, -0.1) is 0 Å². The predicted octanol–water partition coefficient (Wildman–Crippen LogP) is 3.81. The van der Waals surface area contributed by atoms with Crippen LogP contribution in [0.25, 0.3) is 11.3 Å². The molecule has 31 heavy (non-hydrogen) atoms. The van der Waals surface area contributed by atoms with Crippen LogP contribution in [0.5, 0.6) is 5.75 Å². The highest BCUT2D eigenvalue weighted by molar-refractivity contribution is 6.30. The monoisotopic (exact) mass is 437 g/mol. The molecule has 0 atom stereocenters. The molecule has 0 unspecified atom stereocenters. The molecule has 0 saturated heterocycles. The largest absolute Gasteiger partial charge is 0.496 e. The first-order valence-electron chi connectivity index (χ1n) is 10.3. The van der Waals surface area contributed by atoms with E-state index in [0.717, 1.165) is 30.4 Å². The van der Waals surface area contributed by atoms with Crippen LogP contribution in [-0.2, 0) is 16.8 Å². The molecule has 3 aromatic rings. The molecule has 4 rings (SSSR count). The molecule has 1 heterocycles. The number of amides is 1. The summed E-state index contributed by atoms with van der Waals surface area (Å²) in [6, 6.07) is 18.3. The van der Waals surface area contributed by atoms with Crippen molar-refractivity contribution in [2.24, 2.45) is 0 Å². The van der Waals surface area contributed by atoms with Crippen molar-refractivity contribution in [3.8, 4) is 17.0 Å². The summed E-state index contributed by atoms with van der Waals surface area (Å²) in [6.45, 7) is 0.598. The topological polar surface area (TPSA) is 73.2 Å². The summed E-state index contributed by atoms with van der Waals surface area (Å²) < 4.78 is 6.75. The first-order valence-corrected chi connectivity index (χ1v) is 10.7. The van der Waals surface area contributed by atoms with Gasteiger partial charge in [-0.2, -0.15) is 5.10 Å². The maximum atomic E-state index is 13.0. The average Bonchev–Trinajstić information content (AvgIpc) is 2.75. The van der Waals surface area contributed by atoms with Crippen molar-refractivity contribution < 1.29 is 9.53 Å². The lowest BCUT2D eigenvalue weighted by Gasteiger charge is -2.40. The van der Waals surface area contributed by atoms with Crippen LogP contribution in [0, 0.1) is 0 Å². The number of hydrogen-bond acceptors (Lipinski definition) is 4. The molecule has 1 fully saturated rings. The van der Waals surface area contributed by atoms with Crippen LogP contribution in [0.2, 0.25) is 5.02 Å². The van der Waals surface area contributed by atoms with E-state index in [1.54, 1.807) is 31.4 Å². The third-order valence-corrected chi connectivity index (χ3v) is 6.12. The van der Waals surface area contributed by atoms with Crippen molar-refractivity contribution >= 4 is 17.5 Å². The average molecular weight is 438 g/mol. The molecular weight excluding hydrogens is 414 g/mol. The summed E-state index contributed by atoms with van der Waals surface area (Å²) in [5.41, 5.74) is 1.69. The Hall–Kier alpha value is -3.12. The van der Waals surface area contributed by atoms with E-state index in [-0.39, 0.29) is 18.0 Å². The number of carbonyl (C=O) groups excluding carboxylic acids is 1. The second-order valence-corrected chi connectivity index (χ2v) is 8.12. The molecule has 1 aliphatic carbocycles. The van der Waals surface area contributed by atoms with Crippen LogP contribution < -0.4 is 15.6 Å². The minimum atomic E-state index is -0.460. The van der Waals surface area contributed by atoms with Gasteiger partial charge in [-0.05, 0) is 42.7 Å². The van der Waals surface area contributed by atoms with Crippen LogP contribution in [0.1, 0.15) is 24.8 Å². The lowest BCUT2D eigenvalue weighted by molar-refractivity contribution is -0.129. The van der Waals surface area contributed by atoms with Gasteiger partial charge < -0.3 is 10.1 Å². The van der Waals surface area contributed by atoms with Crippen LogP contribution >= 0.6 is 11.6 Å². The third-order valence-electron chi connectivity index (χ3n) is 5.88. The molecule has 160 valence electrons. The molecule has 0 bridgehead atoms. The Labute approximate surface area is 185 Å². The van der Waals surface area contributed by atoms with Gasteiger partial charge in [0.1, 0.15) is 5.75 Å². The fraction of sp³-hybridized carbons (Fsp3) is 0.292. The normalized spacial score (nSPS) is 14.5. The highest BCUT2D eigenvalue weighted by atomic mass is 35.5. The first kappa shape index (κ1) is 21.1. The number of methoxy groups -OCH3 is 1. The van der Waals surface area contributed by atoms with Crippen molar-refractivity contribution in [3.63, 3.8) is 0 Å². The lowest BCUT2D eigenvalue weighted by Crippen LogP contribution is -2.50. The Morgan fingerprint density at radius 3 is 2.61 bits per heavy atom. The van der Waals surface area contributed by atoms with E-state index < -0.39 is 5.41 Å². The molecule has 6 nitrogen and oxygen atoms in total. The molecule has 2 aromatic carbocycles. The van der Waals surface area contributed by atoms with Gasteiger partial charge in [0, 0.05) is 23.2 Å². The SMILES string of the molecule is COc1cc(Cl)ccc1-c1ccc(=O)n(CCNC(=O)C2(c3ccccc3)CCC2)n1. The Morgan fingerprint density at radius 2 is 1.94 bits per heavy atom. The van der Waals surface area contributed by atoms with E-state index in [1.807, 2.05) is 30.3 Å². The van der Waals surface area contributed by atoms with Crippen LogP contribution in [0.3, 0.4) is 0 Å². The number of hydrogen-bond donors (Lipinski definition) is 1. The Morgan fingerprint density at radius 1 is 1.16 bits per heavy atom. The zero-order valence-electron chi connectivity index (χ0n) is 17.3. The number of nitrogens with one attached hydrogen (secondary N) is 1. The second-order valence-electron chi connectivity index (χ2n) is 7.68. The van der Waals surface area contributed by atoms with Gasteiger partial charge in [-0.3, -0.25) is 9.59 Å². The Balaban J connectivity index is 1.48. The fourth-order valence-electron chi connectivity index (χ4n) is 4.01. The van der Waals surface area contributed by atoms with Gasteiger partial charge in [0.2, 0.25) is 5.91 Å². The zero-order valence-corrected chi connectivity index (χ0v) is 18.1. The molecule has 1 N–H and O–H groups in total. The Bertz CT molecular complexity index is 1140. The van der Waals surface area contributed by atoms with Gasteiger partial charge in [0.25, 0.3) is 5.56 Å². The number of benzene rings is 2. The summed E-state index contributed by atoms with van der Waals surface area (Å²) in [7, 11) is 1.56. The summed E-state index contributed by atoms with van der Waals surface area (Å²) in [6.07, 6.45) is 2.72. The van der Waals surface area contributed by atoms with Gasteiger partial charge >= 0.3 is 0 Å². The lowest BCUT2D eigenvalue weighted by atomic mass is 9.64.